The van der Waals surface area contributed by atoms with E-state index in [4.69, 9.17) is 5.73 Å². The third-order valence-corrected chi connectivity index (χ3v) is 4.00. The number of halogens is 1. The summed E-state index contributed by atoms with van der Waals surface area (Å²) in [6.07, 6.45) is 2.62. The summed E-state index contributed by atoms with van der Waals surface area (Å²) in [4.78, 5) is 11.9. The maximum atomic E-state index is 11.9. The van der Waals surface area contributed by atoms with E-state index < -0.39 is 5.54 Å². The van der Waals surface area contributed by atoms with Gasteiger partial charge in [0.25, 0.3) is 0 Å². The van der Waals surface area contributed by atoms with E-state index in [-0.39, 0.29) is 5.91 Å². The van der Waals surface area contributed by atoms with Crippen molar-refractivity contribution in [2.75, 3.05) is 5.32 Å². The molecule has 86 valence electrons. The predicted octanol–water partition coefficient (Wildman–Crippen LogP) is 2.58. The van der Waals surface area contributed by atoms with Gasteiger partial charge in [-0.2, -0.15) is 0 Å². The summed E-state index contributed by atoms with van der Waals surface area (Å²) in [5.41, 5.74) is 7.21. The van der Waals surface area contributed by atoms with Gasteiger partial charge in [-0.3, -0.25) is 4.79 Å². The SMILES string of the molecule is Cc1cc(NC(=O)C2(N)CCC2)ccc1Br. The van der Waals surface area contributed by atoms with E-state index in [0.29, 0.717) is 0 Å². The smallest absolute Gasteiger partial charge is 0.244 e. The lowest BCUT2D eigenvalue weighted by molar-refractivity contribution is -0.123. The van der Waals surface area contributed by atoms with Gasteiger partial charge in [0.05, 0.1) is 5.54 Å². The fraction of sp³-hybridized carbons (Fsp3) is 0.417. The molecule has 1 fully saturated rings. The van der Waals surface area contributed by atoms with Crippen LogP contribution < -0.4 is 11.1 Å². The van der Waals surface area contributed by atoms with Gasteiger partial charge in [-0.25, -0.2) is 0 Å². The molecule has 1 saturated carbocycles. The van der Waals surface area contributed by atoms with Crippen molar-refractivity contribution in [3.05, 3.63) is 28.2 Å². The highest BCUT2D eigenvalue weighted by Gasteiger charge is 2.40. The molecular formula is C12H15BrN2O. The van der Waals surface area contributed by atoms with Gasteiger partial charge in [-0.05, 0) is 49.9 Å². The lowest BCUT2D eigenvalue weighted by atomic mass is 9.77. The molecule has 2 rings (SSSR count). The van der Waals surface area contributed by atoms with Crippen LogP contribution in [-0.4, -0.2) is 11.4 Å². The van der Waals surface area contributed by atoms with Crippen LogP contribution in [0.25, 0.3) is 0 Å². The molecule has 0 aliphatic heterocycles. The zero-order valence-corrected chi connectivity index (χ0v) is 10.8. The first-order valence-electron chi connectivity index (χ1n) is 5.38. The molecule has 0 atom stereocenters. The minimum Gasteiger partial charge on any atom is -0.324 e. The highest BCUT2D eigenvalue weighted by Crippen LogP contribution is 2.30. The summed E-state index contributed by atoms with van der Waals surface area (Å²) in [5.74, 6) is -0.0690. The van der Waals surface area contributed by atoms with Crippen LogP contribution in [0.3, 0.4) is 0 Å². The van der Waals surface area contributed by atoms with Crippen LogP contribution in [0.15, 0.2) is 22.7 Å². The van der Waals surface area contributed by atoms with Gasteiger partial charge in [0.2, 0.25) is 5.91 Å². The maximum absolute atomic E-state index is 11.9. The number of aryl methyl sites for hydroxylation is 1. The number of benzene rings is 1. The molecule has 16 heavy (non-hydrogen) atoms. The van der Waals surface area contributed by atoms with Crippen LogP contribution in [0, 0.1) is 6.92 Å². The van der Waals surface area contributed by atoms with Crippen molar-refractivity contribution in [2.24, 2.45) is 5.73 Å². The summed E-state index contributed by atoms with van der Waals surface area (Å²) in [5, 5.41) is 2.87. The van der Waals surface area contributed by atoms with Crippen molar-refractivity contribution in [1.29, 1.82) is 0 Å². The Kier molecular flexibility index (Phi) is 3.04. The van der Waals surface area contributed by atoms with E-state index in [1.165, 1.54) is 0 Å². The fourth-order valence-corrected chi connectivity index (χ4v) is 2.01. The molecule has 1 aromatic carbocycles. The van der Waals surface area contributed by atoms with Crippen LogP contribution in [-0.2, 0) is 4.79 Å². The molecule has 1 aliphatic carbocycles. The normalized spacial score (nSPS) is 17.7. The second-order valence-electron chi connectivity index (χ2n) is 4.43. The molecule has 4 heteroatoms. The molecule has 1 amide bonds. The minimum absolute atomic E-state index is 0.0690. The number of carbonyl (C=O) groups is 1. The van der Waals surface area contributed by atoms with E-state index in [9.17, 15) is 4.79 Å². The Morgan fingerprint density at radius 1 is 1.50 bits per heavy atom. The Bertz CT molecular complexity index is 427. The molecule has 1 aliphatic rings. The van der Waals surface area contributed by atoms with Crippen molar-refractivity contribution in [2.45, 2.75) is 31.7 Å². The Balaban J connectivity index is 2.09. The quantitative estimate of drug-likeness (QED) is 0.876. The van der Waals surface area contributed by atoms with Gasteiger partial charge in [0, 0.05) is 10.2 Å². The van der Waals surface area contributed by atoms with Crippen molar-refractivity contribution >= 4 is 27.5 Å². The highest BCUT2D eigenvalue weighted by molar-refractivity contribution is 9.10. The number of rotatable bonds is 2. The van der Waals surface area contributed by atoms with Gasteiger partial charge < -0.3 is 11.1 Å². The predicted molar refractivity (Wildman–Crippen MR) is 68.3 cm³/mol. The van der Waals surface area contributed by atoms with Crippen LogP contribution >= 0.6 is 15.9 Å². The van der Waals surface area contributed by atoms with E-state index in [0.717, 1.165) is 35.0 Å². The summed E-state index contributed by atoms with van der Waals surface area (Å²) in [7, 11) is 0. The second kappa shape index (κ2) is 4.18. The summed E-state index contributed by atoms with van der Waals surface area (Å²) in [6, 6.07) is 5.73. The Labute approximate surface area is 104 Å². The van der Waals surface area contributed by atoms with Crippen LogP contribution in [0.2, 0.25) is 0 Å². The molecule has 0 bridgehead atoms. The standard InChI is InChI=1S/C12H15BrN2O/c1-8-7-9(3-4-10(8)13)15-11(16)12(14)5-2-6-12/h3-4,7H,2,5-6,14H2,1H3,(H,15,16). The largest absolute Gasteiger partial charge is 0.324 e. The molecule has 3 nitrogen and oxygen atoms in total. The third kappa shape index (κ3) is 2.13. The number of hydrogen-bond acceptors (Lipinski definition) is 2. The lowest BCUT2D eigenvalue weighted by Gasteiger charge is -2.36. The van der Waals surface area contributed by atoms with Gasteiger partial charge in [0.1, 0.15) is 0 Å². The van der Waals surface area contributed by atoms with Gasteiger partial charge in [-0.15, -0.1) is 0 Å². The van der Waals surface area contributed by atoms with E-state index in [2.05, 4.69) is 21.2 Å². The fourth-order valence-electron chi connectivity index (χ4n) is 1.76. The number of amides is 1. The van der Waals surface area contributed by atoms with Gasteiger partial charge >= 0.3 is 0 Å². The van der Waals surface area contributed by atoms with Crippen molar-refractivity contribution < 1.29 is 4.79 Å². The maximum Gasteiger partial charge on any atom is 0.244 e. The Hall–Kier alpha value is -0.870. The summed E-state index contributed by atoms with van der Waals surface area (Å²) in [6.45, 7) is 1.99. The molecule has 1 aromatic rings. The topological polar surface area (TPSA) is 55.1 Å². The van der Waals surface area contributed by atoms with Gasteiger partial charge in [0.15, 0.2) is 0 Å². The molecule has 0 saturated heterocycles. The summed E-state index contributed by atoms with van der Waals surface area (Å²) >= 11 is 3.42. The molecule has 0 radical (unpaired) electrons. The first-order valence-corrected chi connectivity index (χ1v) is 6.17. The van der Waals surface area contributed by atoms with E-state index in [1.807, 2.05) is 25.1 Å². The first kappa shape index (κ1) is 11.6. The lowest BCUT2D eigenvalue weighted by Crippen LogP contribution is -2.56. The molecular weight excluding hydrogens is 268 g/mol. The molecule has 0 spiro atoms. The van der Waals surface area contributed by atoms with E-state index in [1.54, 1.807) is 0 Å². The van der Waals surface area contributed by atoms with Crippen molar-refractivity contribution in [3.63, 3.8) is 0 Å². The molecule has 0 heterocycles. The number of nitrogens with one attached hydrogen (secondary N) is 1. The Morgan fingerprint density at radius 2 is 2.19 bits per heavy atom. The highest BCUT2D eigenvalue weighted by atomic mass is 79.9. The molecule has 0 unspecified atom stereocenters. The van der Waals surface area contributed by atoms with E-state index >= 15 is 0 Å². The van der Waals surface area contributed by atoms with Crippen LogP contribution in [0.1, 0.15) is 24.8 Å². The first-order chi connectivity index (χ1) is 7.51. The number of hydrogen-bond donors (Lipinski definition) is 2. The van der Waals surface area contributed by atoms with Crippen molar-refractivity contribution in [1.82, 2.24) is 0 Å². The Morgan fingerprint density at radius 3 is 2.69 bits per heavy atom. The van der Waals surface area contributed by atoms with Gasteiger partial charge in [-0.1, -0.05) is 15.9 Å². The number of carbonyl (C=O) groups excluding carboxylic acids is 1. The summed E-state index contributed by atoms with van der Waals surface area (Å²) < 4.78 is 1.04. The second-order valence-corrected chi connectivity index (χ2v) is 5.28. The average Bonchev–Trinajstić information content (AvgIpc) is 2.20. The zero-order chi connectivity index (χ0) is 11.8. The third-order valence-electron chi connectivity index (χ3n) is 3.11. The minimum atomic E-state index is -0.638. The zero-order valence-electron chi connectivity index (χ0n) is 9.22. The van der Waals surface area contributed by atoms with Crippen LogP contribution in [0.4, 0.5) is 5.69 Å². The monoisotopic (exact) mass is 282 g/mol. The van der Waals surface area contributed by atoms with Crippen molar-refractivity contribution in [3.8, 4) is 0 Å². The number of anilines is 1. The average molecular weight is 283 g/mol. The molecule has 0 aromatic heterocycles. The number of nitrogens with two attached hydrogens (primary N) is 1. The van der Waals surface area contributed by atoms with Crippen LogP contribution in [0.5, 0.6) is 0 Å². The molecule has 3 N–H and O–H groups in total.